The van der Waals surface area contributed by atoms with Gasteiger partial charge in [-0.25, -0.2) is 9.97 Å². The van der Waals surface area contributed by atoms with E-state index < -0.39 is 0 Å². The van der Waals surface area contributed by atoms with E-state index in [-0.39, 0.29) is 11.8 Å². The summed E-state index contributed by atoms with van der Waals surface area (Å²) in [6.07, 6.45) is 5.58. The number of piperazine rings is 1. The number of rotatable bonds is 6. The number of pyridine rings is 1. The Hall–Kier alpha value is -3.75. The third-order valence-electron chi connectivity index (χ3n) is 5.77. The molecule has 2 N–H and O–H groups in total. The van der Waals surface area contributed by atoms with Crippen molar-refractivity contribution >= 4 is 28.8 Å². The third kappa shape index (κ3) is 4.32. The lowest BCUT2D eigenvalue weighted by Crippen LogP contribution is -2.48. The van der Waals surface area contributed by atoms with Gasteiger partial charge in [0.25, 0.3) is 5.91 Å². The number of anilines is 1. The summed E-state index contributed by atoms with van der Waals surface area (Å²) in [5, 5.41) is 2.93. The number of carbonyl (C=O) groups excluding carboxylic acids is 2. The van der Waals surface area contributed by atoms with Gasteiger partial charge in [-0.15, -0.1) is 0 Å². The fraction of sp³-hybridized carbons (Fsp3) is 0.348. The minimum Gasteiger partial charge on any atom is -0.352 e. The second kappa shape index (κ2) is 9.17. The highest BCUT2D eigenvalue weighted by Crippen LogP contribution is 2.20. The van der Waals surface area contributed by atoms with Gasteiger partial charge in [0.05, 0.1) is 24.0 Å². The van der Waals surface area contributed by atoms with Crippen molar-refractivity contribution in [2.75, 3.05) is 31.1 Å². The molecule has 9 heteroatoms. The zero-order valence-electron chi connectivity index (χ0n) is 18.4. The highest BCUT2D eigenvalue weighted by atomic mass is 16.2. The maximum Gasteiger partial charge on any atom is 0.255 e. The van der Waals surface area contributed by atoms with Crippen LogP contribution in [0.15, 0.2) is 37.2 Å². The lowest BCUT2D eigenvalue weighted by atomic mass is 10.1. The zero-order chi connectivity index (χ0) is 22.7. The van der Waals surface area contributed by atoms with Crippen LogP contribution in [-0.4, -0.2) is 62.8 Å². The van der Waals surface area contributed by atoms with Crippen LogP contribution in [0.3, 0.4) is 0 Å². The summed E-state index contributed by atoms with van der Waals surface area (Å²) in [5.41, 5.74) is 4.52. The van der Waals surface area contributed by atoms with Gasteiger partial charge in [-0.2, -0.15) is 0 Å². The molecule has 3 aromatic rings. The molecular formula is C23H27N7O2. The highest BCUT2D eigenvalue weighted by Gasteiger charge is 2.22. The number of carbonyl (C=O) groups is 2. The Labute approximate surface area is 186 Å². The summed E-state index contributed by atoms with van der Waals surface area (Å²) in [7, 11) is 0. The van der Waals surface area contributed by atoms with E-state index in [9.17, 15) is 9.59 Å². The molecule has 3 aromatic heterocycles. The number of aryl methyl sites for hydroxylation is 2. The first-order valence-corrected chi connectivity index (χ1v) is 10.7. The largest absolute Gasteiger partial charge is 0.352 e. The molecule has 2 amide bonds. The minimum absolute atomic E-state index is 0.0650. The van der Waals surface area contributed by atoms with Gasteiger partial charge in [-0.1, -0.05) is 19.6 Å². The number of aromatic amines is 1. The van der Waals surface area contributed by atoms with E-state index in [0.717, 1.165) is 17.8 Å². The maximum atomic E-state index is 12.8. The van der Waals surface area contributed by atoms with Crippen LogP contribution in [0.25, 0.3) is 11.2 Å². The molecule has 0 aliphatic carbocycles. The van der Waals surface area contributed by atoms with Crippen LogP contribution in [0, 0.1) is 6.92 Å². The summed E-state index contributed by atoms with van der Waals surface area (Å²) < 4.78 is 0. The number of nitrogens with zero attached hydrogens (tertiary/aromatic N) is 5. The fourth-order valence-electron chi connectivity index (χ4n) is 3.87. The molecule has 0 unspecified atom stereocenters. The molecule has 32 heavy (non-hydrogen) atoms. The van der Waals surface area contributed by atoms with Gasteiger partial charge in [0.2, 0.25) is 5.91 Å². The van der Waals surface area contributed by atoms with Crippen molar-refractivity contribution in [1.82, 2.24) is 30.2 Å². The Bertz CT molecular complexity index is 1160. The molecule has 1 aliphatic rings. The highest BCUT2D eigenvalue weighted by molar-refractivity contribution is 6.04. The number of fused-ring (bicyclic) bond motifs is 1. The van der Waals surface area contributed by atoms with Gasteiger partial charge < -0.3 is 20.1 Å². The van der Waals surface area contributed by atoms with Gasteiger partial charge >= 0.3 is 0 Å². The Morgan fingerprint density at radius 1 is 1.22 bits per heavy atom. The first-order chi connectivity index (χ1) is 15.5. The number of aromatic nitrogens is 4. The van der Waals surface area contributed by atoms with Crippen LogP contribution >= 0.6 is 0 Å². The van der Waals surface area contributed by atoms with Crippen molar-refractivity contribution in [1.29, 1.82) is 0 Å². The van der Waals surface area contributed by atoms with E-state index in [1.165, 1.54) is 11.6 Å². The van der Waals surface area contributed by atoms with Gasteiger partial charge in [-0.05, 0) is 31.1 Å². The molecule has 4 heterocycles. The summed E-state index contributed by atoms with van der Waals surface area (Å²) in [5.74, 6) is 0.386. The quantitative estimate of drug-likeness (QED) is 0.576. The predicted octanol–water partition coefficient (Wildman–Crippen LogP) is 1.99. The van der Waals surface area contributed by atoms with E-state index in [4.69, 9.17) is 4.98 Å². The molecule has 1 saturated heterocycles. The van der Waals surface area contributed by atoms with E-state index >= 15 is 0 Å². The molecule has 1 fully saturated rings. The average molecular weight is 434 g/mol. The van der Waals surface area contributed by atoms with E-state index in [2.05, 4.69) is 44.7 Å². The molecule has 0 spiro atoms. The number of hydrogen-bond donors (Lipinski definition) is 2. The SMILES string of the molecule is C=CC(=O)N1CCN(c2cnc3[nH]cc(C(=O)NCc4ccc(CC)c(C)n4)c3n2)CC1. The van der Waals surface area contributed by atoms with E-state index in [1.54, 1.807) is 17.3 Å². The van der Waals surface area contributed by atoms with Crippen LogP contribution in [0.2, 0.25) is 0 Å². The number of H-pyrrole nitrogens is 1. The Morgan fingerprint density at radius 3 is 2.69 bits per heavy atom. The predicted molar refractivity (Wildman–Crippen MR) is 122 cm³/mol. The molecule has 9 nitrogen and oxygen atoms in total. The van der Waals surface area contributed by atoms with Gasteiger partial charge in [-0.3, -0.25) is 14.6 Å². The minimum atomic E-state index is -0.233. The molecule has 0 aromatic carbocycles. The molecule has 0 atom stereocenters. The monoisotopic (exact) mass is 433 g/mol. The fourth-order valence-corrected chi connectivity index (χ4v) is 3.87. The summed E-state index contributed by atoms with van der Waals surface area (Å²) >= 11 is 0. The lowest BCUT2D eigenvalue weighted by Gasteiger charge is -2.34. The number of amides is 2. The van der Waals surface area contributed by atoms with Crippen LogP contribution in [0.1, 0.15) is 34.2 Å². The zero-order valence-corrected chi connectivity index (χ0v) is 18.4. The van der Waals surface area contributed by atoms with Gasteiger partial charge in [0.15, 0.2) is 5.65 Å². The summed E-state index contributed by atoms with van der Waals surface area (Å²) in [6.45, 7) is 10.4. The van der Waals surface area contributed by atoms with Crippen LogP contribution < -0.4 is 10.2 Å². The van der Waals surface area contributed by atoms with Crippen LogP contribution in [0.4, 0.5) is 5.82 Å². The summed E-state index contributed by atoms with van der Waals surface area (Å²) in [4.78, 5) is 45.2. The molecule has 166 valence electrons. The standard InChI is InChI=1S/C23H27N7O2/c1-4-16-6-7-17(27-15(16)3)12-26-23(32)18-13-24-22-21(18)28-19(14-25-22)29-8-10-30(11-9-29)20(31)5-2/h5-7,13-14H,2,4,8-12H2,1,3H3,(H,24,25)(H,26,32). The first kappa shape index (κ1) is 21.5. The summed E-state index contributed by atoms with van der Waals surface area (Å²) in [6, 6.07) is 3.99. The van der Waals surface area contributed by atoms with Gasteiger partial charge in [0.1, 0.15) is 11.3 Å². The molecule has 0 saturated carbocycles. The Balaban J connectivity index is 1.46. The first-order valence-electron chi connectivity index (χ1n) is 10.7. The smallest absolute Gasteiger partial charge is 0.255 e. The lowest BCUT2D eigenvalue weighted by molar-refractivity contribution is -0.126. The topological polar surface area (TPSA) is 107 Å². The second-order valence-electron chi connectivity index (χ2n) is 7.73. The van der Waals surface area contributed by atoms with Crippen molar-refractivity contribution in [2.45, 2.75) is 26.8 Å². The molecular weight excluding hydrogens is 406 g/mol. The van der Waals surface area contributed by atoms with Crippen molar-refractivity contribution < 1.29 is 9.59 Å². The normalized spacial score (nSPS) is 13.9. The van der Waals surface area contributed by atoms with E-state index in [1.807, 2.05) is 13.0 Å². The van der Waals surface area contributed by atoms with E-state index in [0.29, 0.717) is 55.3 Å². The average Bonchev–Trinajstić information content (AvgIpc) is 3.25. The molecule has 1 aliphatic heterocycles. The number of hydrogen-bond acceptors (Lipinski definition) is 6. The Morgan fingerprint density at radius 2 is 2.00 bits per heavy atom. The molecule has 0 bridgehead atoms. The number of nitrogens with one attached hydrogen (secondary N) is 2. The van der Waals surface area contributed by atoms with Gasteiger partial charge in [0, 0.05) is 38.1 Å². The van der Waals surface area contributed by atoms with Crippen LogP contribution in [-0.2, 0) is 17.8 Å². The van der Waals surface area contributed by atoms with Crippen molar-refractivity contribution in [3.63, 3.8) is 0 Å². The Kier molecular flexibility index (Phi) is 6.16. The van der Waals surface area contributed by atoms with Crippen LogP contribution in [0.5, 0.6) is 0 Å². The van der Waals surface area contributed by atoms with Crippen molar-refractivity contribution in [2.24, 2.45) is 0 Å². The molecule has 0 radical (unpaired) electrons. The second-order valence-corrected chi connectivity index (χ2v) is 7.73. The van der Waals surface area contributed by atoms with Crippen molar-refractivity contribution in [3.8, 4) is 0 Å². The maximum absolute atomic E-state index is 12.8. The van der Waals surface area contributed by atoms with Crippen molar-refractivity contribution in [3.05, 3.63) is 59.7 Å². The third-order valence-corrected chi connectivity index (χ3v) is 5.77. The molecule has 4 rings (SSSR count).